The molecule has 0 N–H and O–H groups in total. The minimum absolute atomic E-state index is 0.125. The zero-order chi connectivity index (χ0) is 11.6. The van der Waals surface area contributed by atoms with Gasteiger partial charge in [0.15, 0.2) is 5.78 Å². The van der Waals surface area contributed by atoms with E-state index in [1.807, 2.05) is 51.8 Å². The van der Waals surface area contributed by atoms with Crippen LogP contribution in [0.15, 0.2) is 24.3 Å². The van der Waals surface area contributed by atoms with Gasteiger partial charge in [0.25, 0.3) is 0 Å². The van der Waals surface area contributed by atoms with Gasteiger partial charge in [-0.2, -0.15) is 0 Å². The first-order valence-electron chi connectivity index (χ1n) is 4.56. The highest BCUT2D eigenvalue weighted by molar-refractivity contribution is 5.93. The van der Waals surface area contributed by atoms with Crippen molar-refractivity contribution in [3.05, 3.63) is 35.4 Å². The Kier molecular flexibility index (Phi) is 10.4. The molecule has 78 valence electrons. The van der Waals surface area contributed by atoms with Crippen molar-refractivity contribution in [2.75, 3.05) is 0 Å². The molecular weight excluding hydrogens is 176 g/mol. The summed E-state index contributed by atoms with van der Waals surface area (Å²) < 4.78 is 0. The first-order valence-corrected chi connectivity index (χ1v) is 4.56. The number of rotatable bonds is 1. The van der Waals surface area contributed by atoms with E-state index in [0.717, 1.165) is 5.56 Å². The number of hydrogen-bond donors (Lipinski definition) is 0. The lowest BCUT2D eigenvalue weighted by Crippen LogP contribution is -1.90. The molecule has 0 amide bonds. The van der Waals surface area contributed by atoms with Crippen LogP contribution in [-0.2, 0) is 4.79 Å². The Morgan fingerprint density at radius 1 is 1.07 bits per heavy atom. The second-order valence-corrected chi connectivity index (χ2v) is 2.42. The molecule has 14 heavy (non-hydrogen) atoms. The van der Waals surface area contributed by atoms with Crippen molar-refractivity contribution < 1.29 is 9.59 Å². The van der Waals surface area contributed by atoms with Gasteiger partial charge in [0.2, 0.25) is 0 Å². The lowest BCUT2D eigenvalue weighted by atomic mass is 10.1. The number of carbonyl (C=O) groups excluding carboxylic acids is 2. The van der Waals surface area contributed by atoms with Crippen LogP contribution in [0, 0.1) is 6.92 Å². The van der Waals surface area contributed by atoms with Gasteiger partial charge >= 0.3 is 0 Å². The summed E-state index contributed by atoms with van der Waals surface area (Å²) in [5.74, 6) is 0.125. The molecule has 2 nitrogen and oxygen atoms in total. The number of benzene rings is 1. The first-order chi connectivity index (χ1) is 6.70. The Hall–Kier alpha value is -1.44. The molecule has 0 atom stereocenters. The Bertz CT molecular complexity index is 250. The van der Waals surface area contributed by atoms with Crippen LogP contribution in [0.4, 0.5) is 0 Å². The Morgan fingerprint density at radius 2 is 1.43 bits per heavy atom. The summed E-state index contributed by atoms with van der Waals surface area (Å²) >= 11 is 0. The molecule has 0 saturated carbocycles. The van der Waals surface area contributed by atoms with Crippen LogP contribution in [-0.4, -0.2) is 12.6 Å². The van der Waals surface area contributed by atoms with E-state index in [9.17, 15) is 4.79 Å². The second kappa shape index (κ2) is 9.65. The maximum Gasteiger partial charge on any atom is 0.159 e. The smallest absolute Gasteiger partial charge is 0.159 e. The molecule has 0 saturated heterocycles. The zero-order valence-corrected chi connectivity index (χ0v) is 9.33. The van der Waals surface area contributed by atoms with Gasteiger partial charge in [-0.1, -0.05) is 43.7 Å². The molecule has 0 aliphatic carbocycles. The minimum Gasteiger partial charge on any atom is -0.307 e. The van der Waals surface area contributed by atoms with E-state index < -0.39 is 0 Å². The van der Waals surface area contributed by atoms with Crippen LogP contribution < -0.4 is 0 Å². The molecule has 0 unspecified atom stereocenters. The van der Waals surface area contributed by atoms with Gasteiger partial charge in [-0.25, -0.2) is 0 Å². The minimum atomic E-state index is 0.125. The number of ketones is 1. The average Bonchev–Trinajstić information content (AvgIpc) is 2.24. The summed E-state index contributed by atoms with van der Waals surface area (Å²) in [5, 5.41) is 0. The summed E-state index contributed by atoms with van der Waals surface area (Å²) in [6.07, 6.45) is 0. The molecule has 0 radical (unpaired) electrons. The Balaban J connectivity index is 0. The summed E-state index contributed by atoms with van der Waals surface area (Å²) in [6.45, 7) is 9.58. The molecule has 0 aromatic heterocycles. The van der Waals surface area contributed by atoms with E-state index in [2.05, 4.69) is 0 Å². The van der Waals surface area contributed by atoms with Crippen LogP contribution in [0.3, 0.4) is 0 Å². The molecule has 0 fully saturated rings. The highest BCUT2D eigenvalue weighted by atomic mass is 16.1. The Labute approximate surface area is 86.0 Å². The van der Waals surface area contributed by atoms with Crippen molar-refractivity contribution in [3.8, 4) is 0 Å². The fourth-order valence-corrected chi connectivity index (χ4v) is 0.788. The van der Waals surface area contributed by atoms with Gasteiger partial charge in [0.1, 0.15) is 6.79 Å². The van der Waals surface area contributed by atoms with Crippen LogP contribution in [0.25, 0.3) is 0 Å². The van der Waals surface area contributed by atoms with Crippen molar-refractivity contribution in [1.82, 2.24) is 0 Å². The molecule has 1 rings (SSSR count). The number of aryl methyl sites for hydroxylation is 1. The summed E-state index contributed by atoms with van der Waals surface area (Å²) in [6, 6.07) is 7.57. The SMILES string of the molecule is C=O.CC.CC(=O)c1ccc(C)cc1. The quantitative estimate of drug-likeness (QED) is 0.644. The van der Waals surface area contributed by atoms with E-state index in [4.69, 9.17) is 4.79 Å². The van der Waals surface area contributed by atoms with Gasteiger partial charge in [-0.05, 0) is 13.8 Å². The molecule has 0 spiro atoms. The van der Waals surface area contributed by atoms with Crippen molar-refractivity contribution in [3.63, 3.8) is 0 Å². The fourth-order valence-electron chi connectivity index (χ4n) is 0.788. The number of Topliss-reactive ketones (excluding diaryl/α,β-unsaturated/α-hetero) is 1. The zero-order valence-electron chi connectivity index (χ0n) is 9.33. The van der Waals surface area contributed by atoms with Crippen molar-refractivity contribution >= 4 is 12.6 Å². The predicted octanol–water partition coefficient (Wildman–Crippen LogP) is 3.04. The third kappa shape index (κ3) is 6.12. The standard InChI is InChI=1S/C9H10O.C2H6.CH2O/c1-7-3-5-9(6-4-7)8(2)10;2*1-2/h3-6H,1-2H3;1-2H3;1H2. The summed E-state index contributed by atoms with van der Waals surface area (Å²) in [7, 11) is 0. The van der Waals surface area contributed by atoms with Crippen LogP contribution in [0.5, 0.6) is 0 Å². The third-order valence-electron chi connectivity index (χ3n) is 1.46. The van der Waals surface area contributed by atoms with Gasteiger partial charge in [-0.3, -0.25) is 4.79 Å². The highest BCUT2D eigenvalue weighted by Gasteiger charge is 1.95. The maximum atomic E-state index is 10.8. The Morgan fingerprint density at radius 3 is 1.71 bits per heavy atom. The lowest BCUT2D eigenvalue weighted by molar-refractivity contribution is -0.0979. The molecule has 2 heteroatoms. The number of carbonyl (C=O) groups is 2. The van der Waals surface area contributed by atoms with E-state index >= 15 is 0 Å². The third-order valence-corrected chi connectivity index (χ3v) is 1.46. The van der Waals surface area contributed by atoms with Gasteiger partial charge < -0.3 is 4.79 Å². The number of hydrogen-bond acceptors (Lipinski definition) is 2. The van der Waals surface area contributed by atoms with E-state index in [-0.39, 0.29) is 5.78 Å². The molecule has 0 aliphatic heterocycles. The molecular formula is C12H18O2. The summed E-state index contributed by atoms with van der Waals surface area (Å²) in [5.41, 5.74) is 1.97. The molecule has 0 aliphatic rings. The van der Waals surface area contributed by atoms with Crippen molar-refractivity contribution in [1.29, 1.82) is 0 Å². The topological polar surface area (TPSA) is 34.1 Å². The molecule has 1 aromatic rings. The monoisotopic (exact) mass is 194 g/mol. The molecule has 0 heterocycles. The van der Waals surface area contributed by atoms with Crippen LogP contribution in [0.1, 0.15) is 36.7 Å². The summed E-state index contributed by atoms with van der Waals surface area (Å²) in [4.78, 5) is 18.8. The predicted molar refractivity (Wildman–Crippen MR) is 59.7 cm³/mol. The normalized spacial score (nSPS) is 7.43. The molecule has 1 aromatic carbocycles. The van der Waals surface area contributed by atoms with Gasteiger partial charge in [-0.15, -0.1) is 0 Å². The van der Waals surface area contributed by atoms with E-state index in [1.54, 1.807) is 6.92 Å². The van der Waals surface area contributed by atoms with Crippen molar-refractivity contribution in [2.24, 2.45) is 0 Å². The van der Waals surface area contributed by atoms with Crippen molar-refractivity contribution in [2.45, 2.75) is 27.7 Å². The fraction of sp³-hybridized carbons (Fsp3) is 0.333. The second-order valence-electron chi connectivity index (χ2n) is 2.42. The van der Waals surface area contributed by atoms with E-state index in [0.29, 0.717) is 0 Å². The highest BCUT2D eigenvalue weighted by Crippen LogP contribution is 2.02. The molecule has 0 bridgehead atoms. The average molecular weight is 194 g/mol. The van der Waals surface area contributed by atoms with Gasteiger partial charge in [0, 0.05) is 5.56 Å². The van der Waals surface area contributed by atoms with Crippen LogP contribution in [0.2, 0.25) is 0 Å². The van der Waals surface area contributed by atoms with E-state index in [1.165, 1.54) is 5.56 Å². The lowest BCUT2D eigenvalue weighted by Gasteiger charge is -1.93. The van der Waals surface area contributed by atoms with Crippen LogP contribution >= 0.6 is 0 Å². The largest absolute Gasteiger partial charge is 0.307 e. The maximum absolute atomic E-state index is 10.8. The van der Waals surface area contributed by atoms with Gasteiger partial charge in [0.05, 0.1) is 0 Å². The first kappa shape index (κ1) is 15.1.